The Balaban J connectivity index is 1.66. The van der Waals surface area contributed by atoms with Crippen LogP contribution in [0.5, 0.6) is 0 Å². The maximum atomic E-state index is 13.3. The second-order valence-corrected chi connectivity index (χ2v) is 9.42. The van der Waals surface area contributed by atoms with E-state index in [9.17, 15) is 9.59 Å². The number of methoxy groups -OCH3 is 1. The molecule has 1 amide bonds. The lowest BCUT2D eigenvalue weighted by Crippen LogP contribution is -2.34. The highest BCUT2D eigenvalue weighted by atomic mass is 16.5. The van der Waals surface area contributed by atoms with Crippen molar-refractivity contribution in [2.75, 3.05) is 31.0 Å². The van der Waals surface area contributed by atoms with Crippen LogP contribution in [-0.2, 0) is 16.1 Å². The summed E-state index contributed by atoms with van der Waals surface area (Å²) < 4.78 is 4.86. The van der Waals surface area contributed by atoms with Gasteiger partial charge in [0.25, 0.3) is 0 Å². The minimum absolute atomic E-state index is 0.0443. The molecule has 0 aliphatic heterocycles. The number of ether oxygens (including phenoxy) is 1. The first-order valence-corrected chi connectivity index (χ1v) is 12.1. The van der Waals surface area contributed by atoms with Crippen molar-refractivity contribution < 1.29 is 14.3 Å². The Morgan fingerprint density at radius 3 is 2.06 bits per heavy atom. The Bertz CT molecular complexity index is 1370. The molecule has 0 atom stereocenters. The van der Waals surface area contributed by atoms with Gasteiger partial charge < -0.3 is 14.5 Å². The van der Waals surface area contributed by atoms with Gasteiger partial charge in [0.15, 0.2) is 0 Å². The number of anilines is 2. The normalized spacial score (nSPS) is 10.9. The molecule has 4 aromatic carbocycles. The molecule has 184 valence electrons. The van der Waals surface area contributed by atoms with E-state index >= 15 is 0 Å². The van der Waals surface area contributed by atoms with Gasteiger partial charge in [-0.3, -0.25) is 4.79 Å². The number of nitrogens with zero attached hydrogens (tertiary/aromatic N) is 2. The minimum atomic E-state index is -0.381. The highest BCUT2D eigenvalue weighted by Crippen LogP contribution is 2.31. The van der Waals surface area contributed by atoms with Crippen LogP contribution in [0, 0.1) is 5.92 Å². The monoisotopic (exact) mass is 480 g/mol. The van der Waals surface area contributed by atoms with Crippen molar-refractivity contribution in [3.05, 3.63) is 96.1 Å². The molecule has 0 heterocycles. The number of esters is 1. The number of rotatable bonds is 7. The lowest BCUT2D eigenvalue weighted by Gasteiger charge is -2.26. The first-order chi connectivity index (χ1) is 17.3. The van der Waals surface area contributed by atoms with E-state index < -0.39 is 0 Å². The smallest absolute Gasteiger partial charge is 0.337 e. The van der Waals surface area contributed by atoms with Crippen molar-refractivity contribution in [3.63, 3.8) is 0 Å². The van der Waals surface area contributed by atoms with Crippen LogP contribution >= 0.6 is 0 Å². The van der Waals surface area contributed by atoms with Gasteiger partial charge in [-0.15, -0.1) is 0 Å². The maximum Gasteiger partial charge on any atom is 0.337 e. The van der Waals surface area contributed by atoms with Crippen LogP contribution in [0.15, 0.2) is 84.9 Å². The highest BCUT2D eigenvalue weighted by molar-refractivity contribution is 6.06. The van der Waals surface area contributed by atoms with Crippen molar-refractivity contribution in [1.29, 1.82) is 0 Å². The zero-order valence-electron chi connectivity index (χ0n) is 21.5. The second-order valence-electron chi connectivity index (χ2n) is 9.42. The molecule has 0 saturated carbocycles. The van der Waals surface area contributed by atoms with Crippen LogP contribution in [0.4, 0.5) is 11.4 Å². The molecule has 0 aromatic heterocycles. The van der Waals surface area contributed by atoms with E-state index in [1.807, 2.05) is 57.1 Å². The lowest BCUT2D eigenvalue weighted by atomic mass is 10.0. The van der Waals surface area contributed by atoms with E-state index in [0.717, 1.165) is 38.8 Å². The summed E-state index contributed by atoms with van der Waals surface area (Å²) in [6, 6.07) is 28.1. The molecule has 0 N–H and O–H groups in total. The van der Waals surface area contributed by atoms with Gasteiger partial charge in [0, 0.05) is 31.1 Å². The van der Waals surface area contributed by atoms with Crippen molar-refractivity contribution in [1.82, 2.24) is 0 Å². The fourth-order valence-electron chi connectivity index (χ4n) is 4.28. The SMILES string of the molecule is COC(=O)c1ccc2c(N(Cc3ccc(-c4ccc(N(C)C)cc4)cc3)C(=O)C(C)C)cccc2c1. The van der Waals surface area contributed by atoms with Gasteiger partial charge in [-0.25, -0.2) is 4.79 Å². The van der Waals surface area contributed by atoms with E-state index in [1.165, 1.54) is 7.11 Å². The summed E-state index contributed by atoms with van der Waals surface area (Å²) in [6.07, 6.45) is 0. The number of fused-ring (bicyclic) bond motifs is 1. The third kappa shape index (κ3) is 5.25. The first kappa shape index (κ1) is 25.0. The average molecular weight is 481 g/mol. The number of carbonyl (C=O) groups excluding carboxylic acids is 2. The van der Waals surface area contributed by atoms with Crippen LogP contribution in [-0.4, -0.2) is 33.1 Å². The second kappa shape index (κ2) is 10.6. The Hall–Kier alpha value is -4.12. The Kier molecular flexibility index (Phi) is 7.39. The van der Waals surface area contributed by atoms with Crippen LogP contribution in [0.1, 0.15) is 29.8 Å². The third-order valence-corrected chi connectivity index (χ3v) is 6.34. The van der Waals surface area contributed by atoms with Crippen molar-refractivity contribution in [3.8, 4) is 11.1 Å². The van der Waals surface area contributed by atoms with Crippen molar-refractivity contribution in [2.45, 2.75) is 20.4 Å². The van der Waals surface area contributed by atoms with E-state index in [0.29, 0.717) is 12.1 Å². The van der Waals surface area contributed by atoms with Gasteiger partial charge in [-0.1, -0.05) is 68.4 Å². The predicted octanol–water partition coefficient (Wildman–Crippen LogP) is 6.55. The molecule has 0 saturated heterocycles. The van der Waals surface area contributed by atoms with Crippen molar-refractivity contribution >= 4 is 34.0 Å². The maximum absolute atomic E-state index is 13.3. The van der Waals surface area contributed by atoms with Crippen LogP contribution in [0.25, 0.3) is 21.9 Å². The number of amides is 1. The van der Waals surface area contributed by atoms with Crippen LogP contribution in [0.3, 0.4) is 0 Å². The van der Waals surface area contributed by atoms with E-state index in [-0.39, 0.29) is 17.8 Å². The molecule has 0 aliphatic carbocycles. The van der Waals surface area contributed by atoms with Crippen LogP contribution in [0.2, 0.25) is 0 Å². The predicted molar refractivity (Wildman–Crippen MR) is 148 cm³/mol. The Morgan fingerprint density at radius 1 is 0.833 bits per heavy atom. The Labute approximate surface area is 212 Å². The first-order valence-electron chi connectivity index (χ1n) is 12.1. The molecular weight excluding hydrogens is 448 g/mol. The molecule has 0 fully saturated rings. The van der Waals surface area contributed by atoms with Gasteiger partial charge in [-0.05, 0) is 52.4 Å². The fourth-order valence-corrected chi connectivity index (χ4v) is 4.28. The molecule has 0 unspecified atom stereocenters. The summed E-state index contributed by atoms with van der Waals surface area (Å²) in [5, 5.41) is 1.80. The molecule has 0 radical (unpaired) electrons. The molecule has 4 rings (SSSR count). The van der Waals surface area contributed by atoms with Gasteiger partial charge >= 0.3 is 5.97 Å². The summed E-state index contributed by atoms with van der Waals surface area (Å²) in [5.74, 6) is -0.499. The zero-order chi connectivity index (χ0) is 25.8. The standard InChI is InChI=1S/C31H32N2O3/c1-21(2)30(34)33(29-8-6-7-25-19-26(31(35)36-5)15-18-28(25)29)20-22-9-11-23(12-10-22)24-13-16-27(17-14-24)32(3)4/h6-19,21H,20H2,1-5H3. The quantitative estimate of drug-likeness (QED) is 0.282. The highest BCUT2D eigenvalue weighted by Gasteiger charge is 2.21. The van der Waals surface area contributed by atoms with Crippen LogP contribution < -0.4 is 9.80 Å². The topological polar surface area (TPSA) is 49.9 Å². The molecule has 0 spiro atoms. The van der Waals surface area contributed by atoms with E-state index in [4.69, 9.17) is 4.74 Å². The molecular formula is C31H32N2O3. The summed E-state index contributed by atoms with van der Waals surface area (Å²) in [5.41, 5.74) is 5.79. The van der Waals surface area contributed by atoms with E-state index in [1.54, 1.807) is 12.1 Å². The number of benzene rings is 4. The molecule has 0 aliphatic rings. The summed E-state index contributed by atoms with van der Waals surface area (Å²) in [6.45, 7) is 4.28. The van der Waals surface area contributed by atoms with E-state index in [2.05, 4.69) is 53.4 Å². The summed E-state index contributed by atoms with van der Waals surface area (Å²) in [7, 11) is 5.43. The molecule has 36 heavy (non-hydrogen) atoms. The van der Waals surface area contributed by atoms with Gasteiger partial charge in [0.1, 0.15) is 0 Å². The molecule has 0 bridgehead atoms. The van der Waals surface area contributed by atoms with Gasteiger partial charge in [-0.2, -0.15) is 0 Å². The number of hydrogen-bond donors (Lipinski definition) is 0. The lowest BCUT2D eigenvalue weighted by molar-refractivity contribution is -0.121. The molecule has 4 aromatic rings. The molecule has 5 nitrogen and oxygen atoms in total. The van der Waals surface area contributed by atoms with Gasteiger partial charge in [0.2, 0.25) is 5.91 Å². The average Bonchev–Trinajstić information content (AvgIpc) is 2.90. The summed E-state index contributed by atoms with van der Waals surface area (Å²) >= 11 is 0. The number of carbonyl (C=O) groups is 2. The Morgan fingerprint density at radius 2 is 1.47 bits per heavy atom. The minimum Gasteiger partial charge on any atom is -0.465 e. The van der Waals surface area contributed by atoms with Crippen molar-refractivity contribution in [2.24, 2.45) is 5.92 Å². The molecule has 5 heteroatoms. The zero-order valence-corrected chi connectivity index (χ0v) is 21.5. The largest absolute Gasteiger partial charge is 0.465 e. The van der Waals surface area contributed by atoms with Gasteiger partial charge in [0.05, 0.1) is 24.9 Å². The fraction of sp³-hybridized carbons (Fsp3) is 0.226. The number of hydrogen-bond acceptors (Lipinski definition) is 4. The summed E-state index contributed by atoms with van der Waals surface area (Å²) in [4.78, 5) is 29.3. The third-order valence-electron chi connectivity index (χ3n) is 6.34.